The molecule has 30 heavy (non-hydrogen) atoms. The van der Waals surface area contributed by atoms with Gasteiger partial charge in [-0.1, -0.05) is 17.7 Å². The minimum atomic E-state index is -0.0329. The van der Waals surface area contributed by atoms with Crippen molar-refractivity contribution in [3.63, 3.8) is 0 Å². The average Bonchev–Trinajstić information content (AvgIpc) is 2.76. The number of aromatic nitrogens is 2. The molecule has 2 fully saturated rings. The molecule has 1 aromatic heterocycles. The molecule has 2 aliphatic rings. The third-order valence-corrected chi connectivity index (χ3v) is 5.98. The molecule has 0 bridgehead atoms. The topological polar surface area (TPSA) is 64.6 Å². The summed E-state index contributed by atoms with van der Waals surface area (Å²) in [5, 5.41) is 3.06. The second-order valence-electron chi connectivity index (χ2n) is 8.44. The number of carbonyl (C=O) groups excluding carboxylic acids is 1. The van der Waals surface area contributed by atoms with Gasteiger partial charge < -0.3 is 20.0 Å². The van der Waals surface area contributed by atoms with E-state index in [0.29, 0.717) is 13.1 Å². The minimum absolute atomic E-state index is 0.0329. The summed E-state index contributed by atoms with van der Waals surface area (Å²) in [5.41, 5.74) is 4.16. The molecule has 2 saturated heterocycles. The molecule has 7 heteroatoms. The van der Waals surface area contributed by atoms with E-state index in [1.54, 1.807) is 0 Å². The number of aryl methyl sites for hydroxylation is 3. The van der Waals surface area contributed by atoms with E-state index in [4.69, 9.17) is 4.98 Å². The number of hydrogen-bond donors (Lipinski definition) is 1. The van der Waals surface area contributed by atoms with Gasteiger partial charge in [0.25, 0.3) is 0 Å². The number of benzene rings is 1. The predicted octanol–water partition coefficient (Wildman–Crippen LogP) is 3.75. The van der Waals surface area contributed by atoms with Crippen molar-refractivity contribution in [1.82, 2.24) is 14.9 Å². The largest absolute Gasteiger partial charge is 0.353 e. The number of piperazine rings is 1. The lowest BCUT2D eigenvalue weighted by molar-refractivity contribution is 0.208. The smallest absolute Gasteiger partial charge is 0.321 e. The molecule has 4 rings (SSSR count). The zero-order valence-corrected chi connectivity index (χ0v) is 18.3. The van der Waals surface area contributed by atoms with E-state index in [0.717, 1.165) is 54.9 Å². The lowest BCUT2D eigenvalue weighted by atomic mass is 10.1. The van der Waals surface area contributed by atoms with Crippen molar-refractivity contribution in [3.8, 4) is 0 Å². The van der Waals surface area contributed by atoms with Gasteiger partial charge in [-0.2, -0.15) is 4.98 Å². The number of piperidine rings is 1. The number of nitrogens with zero attached hydrogens (tertiary/aromatic N) is 5. The van der Waals surface area contributed by atoms with Crippen molar-refractivity contribution in [3.05, 3.63) is 41.1 Å². The van der Waals surface area contributed by atoms with E-state index >= 15 is 0 Å². The highest BCUT2D eigenvalue weighted by molar-refractivity contribution is 5.90. The molecule has 2 aliphatic heterocycles. The molecule has 0 atom stereocenters. The number of anilines is 3. The zero-order valence-electron chi connectivity index (χ0n) is 18.3. The van der Waals surface area contributed by atoms with E-state index in [1.807, 2.05) is 30.9 Å². The molecule has 3 heterocycles. The number of hydrogen-bond acceptors (Lipinski definition) is 5. The number of amides is 2. The van der Waals surface area contributed by atoms with Crippen molar-refractivity contribution in [2.45, 2.75) is 40.0 Å². The van der Waals surface area contributed by atoms with Crippen LogP contribution in [-0.2, 0) is 0 Å². The standard InChI is InChI=1S/C23H32N6O/c1-17-7-8-20(18(2)15-17)25-23(30)29-13-11-27(12-14-29)21-16-19(3)24-22(26-21)28-9-5-4-6-10-28/h7-8,15-16H,4-6,9-14H2,1-3H3,(H,25,30). The first-order valence-corrected chi connectivity index (χ1v) is 11.0. The van der Waals surface area contributed by atoms with E-state index in [-0.39, 0.29) is 6.03 Å². The maximum atomic E-state index is 12.7. The van der Waals surface area contributed by atoms with Gasteiger partial charge >= 0.3 is 6.03 Å². The van der Waals surface area contributed by atoms with Gasteiger partial charge in [0.2, 0.25) is 5.95 Å². The van der Waals surface area contributed by atoms with Crippen LogP contribution in [0.1, 0.15) is 36.1 Å². The molecule has 0 spiro atoms. The van der Waals surface area contributed by atoms with E-state index < -0.39 is 0 Å². The Morgan fingerprint density at radius 3 is 2.30 bits per heavy atom. The van der Waals surface area contributed by atoms with Crippen molar-refractivity contribution < 1.29 is 4.79 Å². The van der Waals surface area contributed by atoms with Crippen LogP contribution in [0.3, 0.4) is 0 Å². The van der Waals surface area contributed by atoms with Crippen LogP contribution in [0.25, 0.3) is 0 Å². The van der Waals surface area contributed by atoms with Crippen LogP contribution >= 0.6 is 0 Å². The second-order valence-corrected chi connectivity index (χ2v) is 8.44. The monoisotopic (exact) mass is 408 g/mol. The first-order chi connectivity index (χ1) is 14.5. The lowest BCUT2D eigenvalue weighted by Crippen LogP contribution is -2.50. The summed E-state index contributed by atoms with van der Waals surface area (Å²) in [7, 11) is 0. The van der Waals surface area contributed by atoms with Crippen molar-refractivity contribution >= 4 is 23.5 Å². The van der Waals surface area contributed by atoms with Gasteiger partial charge in [0.1, 0.15) is 5.82 Å². The molecule has 1 N–H and O–H groups in total. The molecular formula is C23H32N6O. The maximum absolute atomic E-state index is 12.7. The molecule has 0 aliphatic carbocycles. The van der Waals surface area contributed by atoms with Gasteiger partial charge in [-0.05, 0) is 51.7 Å². The molecular weight excluding hydrogens is 376 g/mol. The maximum Gasteiger partial charge on any atom is 0.321 e. The Hall–Kier alpha value is -2.83. The fraction of sp³-hybridized carbons (Fsp3) is 0.522. The van der Waals surface area contributed by atoms with Crippen molar-refractivity contribution in [2.24, 2.45) is 0 Å². The Morgan fingerprint density at radius 2 is 1.60 bits per heavy atom. The molecule has 2 amide bonds. The highest BCUT2D eigenvalue weighted by Gasteiger charge is 2.24. The molecule has 7 nitrogen and oxygen atoms in total. The predicted molar refractivity (Wildman–Crippen MR) is 122 cm³/mol. The van der Waals surface area contributed by atoms with E-state index in [1.165, 1.54) is 24.8 Å². The number of nitrogens with one attached hydrogen (secondary N) is 1. The normalized spacial score (nSPS) is 17.2. The summed E-state index contributed by atoms with van der Waals surface area (Å²) in [4.78, 5) is 28.7. The van der Waals surface area contributed by atoms with Gasteiger partial charge in [-0.25, -0.2) is 9.78 Å². The molecule has 2 aromatic rings. The van der Waals surface area contributed by atoms with Gasteiger partial charge in [-0.15, -0.1) is 0 Å². The molecule has 160 valence electrons. The Morgan fingerprint density at radius 1 is 0.867 bits per heavy atom. The van der Waals surface area contributed by atoms with Gasteiger partial charge in [0, 0.05) is 56.7 Å². The van der Waals surface area contributed by atoms with Gasteiger partial charge in [0.15, 0.2) is 0 Å². The molecule has 0 radical (unpaired) electrons. The van der Waals surface area contributed by atoms with Crippen LogP contribution in [0, 0.1) is 20.8 Å². The van der Waals surface area contributed by atoms with Gasteiger partial charge in [-0.3, -0.25) is 0 Å². The summed E-state index contributed by atoms with van der Waals surface area (Å²) < 4.78 is 0. The quantitative estimate of drug-likeness (QED) is 0.838. The second kappa shape index (κ2) is 8.90. The third-order valence-electron chi connectivity index (χ3n) is 5.98. The first-order valence-electron chi connectivity index (χ1n) is 11.0. The average molecular weight is 409 g/mol. The Labute approximate surface area is 179 Å². The minimum Gasteiger partial charge on any atom is -0.353 e. The van der Waals surface area contributed by atoms with Crippen LogP contribution in [0.15, 0.2) is 24.3 Å². The van der Waals surface area contributed by atoms with Gasteiger partial charge in [0.05, 0.1) is 0 Å². The van der Waals surface area contributed by atoms with Crippen LogP contribution in [-0.4, -0.2) is 60.2 Å². The highest BCUT2D eigenvalue weighted by Crippen LogP contribution is 2.22. The third kappa shape index (κ3) is 4.66. The van der Waals surface area contributed by atoms with Crippen LogP contribution in [0.5, 0.6) is 0 Å². The molecule has 0 saturated carbocycles. The van der Waals surface area contributed by atoms with Crippen LogP contribution < -0.4 is 15.1 Å². The van der Waals surface area contributed by atoms with E-state index in [9.17, 15) is 4.79 Å². The van der Waals surface area contributed by atoms with Crippen LogP contribution in [0.2, 0.25) is 0 Å². The Kier molecular flexibility index (Phi) is 6.06. The fourth-order valence-electron chi connectivity index (χ4n) is 4.22. The summed E-state index contributed by atoms with van der Waals surface area (Å²) in [6, 6.07) is 8.11. The highest BCUT2D eigenvalue weighted by atomic mass is 16.2. The lowest BCUT2D eigenvalue weighted by Gasteiger charge is -2.36. The molecule has 0 unspecified atom stereocenters. The zero-order chi connectivity index (χ0) is 21.1. The SMILES string of the molecule is Cc1ccc(NC(=O)N2CCN(c3cc(C)nc(N4CCCCC4)n3)CC2)c(C)c1. The Bertz CT molecular complexity index is 901. The number of rotatable bonds is 3. The van der Waals surface area contributed by atoms with Crippen molar-refractivity contribution in [2.75, 3.05) is 54.4 Å². The first kappa shape index (κ1) is 20.4. The molecule has 1 aromatic carbocycles. The number of carbonyl (C=O) groups is 1. The van der Waals surface area contributed by atoms with Crippen molar-refractivity contribution in [1.29, 1.82) is 0 Å². The fourth-order valence-corrected chi connectivity index (χ4v) is 4.22. The summed E-state index contributed by atoms with van der Waals surface area (Å²) >= 11 is 0. The number of urea groups is 1. The summed E-state index contributed by atoms with van der Waals surface area (Å²) in [5.74, 6) is 1.82. The van der Waals surface area contributed by atoms with Crippen LogP contribution in [0.4, 0.5) is 22.2 Å². The summed E-state index contributed by atoms with van der Waals surface area (Å²) in [6.45, 7) is 11.1. The van der Waals surface area contributed by atoms with E-state index in [2.05, 4.69) is 39.2 Å². The Balaban J connectivity index is 1.38. The summed E-state index contributed by atoms with van der Waals surface area (Å²) in [6.07, 6.45) is 3.71.